The molecule has 19 heavy (non-hydrogen) atoms. The van der Waals surface area contributed by atoms with Gasteiger partial charge < -0.3 is 10.2 Å². The molecule has 104 valence electrons. The highest BCUT2D eigenvalue weighted by Crippen LogP contribution is 2.29. The predicted octanol–water partition coefficient (Wildman–Crippen LogP) is 1.68. The Labute approximate surface area is 113 Å². The topological polar surface area (TPSA) is 45.2 Å². The molecule has 0 aromatic carbocycles. The monoisotopic (exact) mass is 265 g/mol. The summed E-state index contributed by atoms with van der Waals surface area (Å²) in [5.41, 5.74) is 0.256. The molecule has 0 spiro atoms. The third kappa shape index (κ3) is 3.73. The number of nitrogens with zero attached hydrogens (tertiary/aromatic N) is 2. The largest absolute Gasteiger partial charge is 0.350 e. The van der Waals surface area contributed by atoms with Crippen LogP contribution >= 0.6 is 0 Å². The van der Waals surface area contributed by atoms with Gasteiger partial charge >= 0.3 is 0 Å². The lowest BCUT2D eigenvalue weighted by Crippen LogP contribution is -2.43. The Kier molecular flexibility index (Phi) is 4.14. The van der Waals surface area contributed by atoms with Gasteiger partial charge in [-0.2, -0.15) is 4.39 Å². The van der Waals surface area contributed by atoms with E-state index in [9.17, 15) is 9.18 Å². The molecule has 0 radical (unpaired) electrons. The van der Waals surface area contributed by atoms with Gasteiger partial charge in [-0.1, -0.05) is 13.0 Å². The number of rotatable bonds is 3. The number of amides is 1. The molecule has 1 amide bonds. The Morgan fingerprint density at radius 2 is 2.16 bits per heavy atom. The maximum absolute atomic E-state index is 12.9. The molecule has 1 aliphatic rings. The molecule has 1 aromatic rings. The lowest BCUT2D eigenvalue weighted by molar-refractivity contribution is 0.0886. The lowest BCUT2D eigenvalue weighted by atomic mass is 9.80. The van der Waals surface area contributed by atoms with Crippen molar-refractivity contribution in [1.82, 2.24) is 15.2 Å². The highest BCUT2D eigenvalue weighted by Gasteiger charge is 2.29. The maximum Gasteiger partial charge on any atom is 0.270 e. The second kappa shape index (κ2) is 5.65. The number of aromatic nitrogens is 1. The fourth-order valence-electron chi connectivity index (χ4n) is 2.25. The van der Waals surface area contributed by atoms with Crippen LogP contribution in [0.1, 0.15) is 30.3 Å². The molecule has 1 aliphatic heterocycles. The minimum absolute atomic E-state index is 0.121. The first-order valence-electron chi connectivity index (χ1n) is 6.58. The molecule has 0 saturated carbocycles. The molecule has 4 nitrogen and oxygen atoms in total. The molecule has 2 rings (SSSR count). The number of pyridine rings is 1. The fraction of sp³-hybridized carbons (Fsp3) is 0.571. The zero-order valence-corrected chi connectivity index (χ0v) is 11.4. The van der Waals surface area contributed by atoms with E-state index >= 15 is 0 Å². The third-order valence-electron chi connectivity index (χ3n) is 3.82. The van der Waals surface area contributed by atoms with E-state index in [1.807, 2.05) is 0 Å². The second-order valence-electron chi connectivity index (χ2n) is 5.64. The van der Waals surface area contributed by atoms with Crippen LogP contribution in [0.5, 0.6) is 0 Å². The van der Waals surface area contributed by atoms with Crippen molar-refractivity contribution >= 4 is 5.91 Å². The Morgan fingerprint density at radius 1 is 1.47 bits per heavy atom. The van der Waals surface area contributed by atoms with Crippen molar-refractivity contribution in [2.24, 2.45) is 5.41 Å². The first-order valence-corrected chi connectivity index (χ1v) is 6.58. The minimum atomic E-state index is -0.627. The normalized spacial score (nSPS) is 19.1. The van der Waals surface area contributed by atoms with Crippen LogP contribution in [0.4, 0.5) is 4.39 Å². The van der Waals surface area contributed by atoms with E-state index in [1.54, 1.807) is 0 Å². The smallest absolute Gasteiger partial charge is 0.270 e. The Balaban J connectivity index is 1.90. The number of halogens is 1. The highest BCUT2D eigenvalue weighted by molar-refractivity contribution is 5.92. The summed E-state index contributed by atoms with van der Waals surface area (Å²) in [6.45, 7) is 4.88. The Bertz CT molecular complexity index is 456. The van der Waals surface area contributed by atoms with E-state index in [0.717, 1.165) is 25.9 Å². The number of carbonyl (C=O) groups excluding carboxylic acids is 1. The van der Waals surface area contributed by atoms with Crippen molar-refractivity contribution in [3.8, 4) is 0 Å². The number of piperidine rings is 1. The van der Waals surface area contributed by atoms with E-state index in [-0.39, 0.29) is 17.0 Å². The van der Waals surface area contributed by atoms with Crippen molar-refractivity contribution in [2.75, 3.05) is 26.7 Å². The van der Waals surface area contributed by atoms with Gasteiger partial charge in [0.1, 0.15) is 5.69 Å². The van der Waals surface area contributed by atoms with E-state index in [0.29, 0.717) is 6.54 Å². The minimum Gasteiger partial charge on any atom is -0.350 e. The van der Waals surface area contributed by atoms with Gasteiger partial charge in [0.2, 0.25) is 5.95 Å². The molecule has 0 atom stereocenters. The van der Waals surface area contributed by atoms with Crippen molar-refractivity contribution < 1.29 is 9.18 Å². The molecule has 5 heteroatoms. The van der Waals surface area contributed by atoms with Crippen LogP contribution in [0.3, 0.4) is 0 Å². The van der Waals surface area contributed by atoms with Crippen molar-refractivity contribution in [2.45, 2.75) is 19.8 Å². The molecule has 1 fully saturated rings. The summed E-state index contributed by atoms with van der Waals surface area (Å²) in [6, 6.07) is 4.25. The molecule has 1 saturated heterocycles. The lowest BCUT2D eigenvalue weighted by Gasteiger charge is -2.37. The average Bonchev–Trinajstić information content (AvgIpc) is 2.40. The van der Waals surface area contributed by atoms with Crippen LogP contribution in [-0.2, 0) is 0 Å². The molecule has 0 aliphatic carbocycles. The highest BCUT2D eigenvalue weighted by atomic mass is 19.1. The average molecular weight is 265 g/mol. The van der Waals surface area contributed by atoms with Gasteiger partial charge in [-0.3, -0.25) is 4.79 Å². The third-order valence-corrected chi connectivity index (χ3v) is 3.82. The number of carbonyl (C=O) groups is 1. The molecule has 1 N–H and O–H groups in total. The van der Waals surface area contributed by atoms with Gasteiger partial charge in [0.25, 0.3) is 5.91 Å². The van der Waals surface area contributed by atoms with Crippen LogP contribution in [0.25, 0.3) is 0 Å². The van der Waals surface area contributed by atoms with Crippen LogP contribution in [0.2, 0.25) is 0 Å². The van der Waals surface area contributed by atoms with Gasteiger partial charge in [0.05, 0.1) is 0 Å². The molecular formula is C14H20FN3O. The number of nitrogens with one attached hydrogen (secondary N) is 1. The summed E-state index contributed by atoms with van der Waals surface area (Å²) < 4.78 is 12.9. The summed E-state index contributed by atoms with van der Waals surface area (Å²) in [6.07, 6.45) is 2.11. The van der Waals surface area contributed by atoms with E-state index < -0.39 is 5.95 Å². The van der Waals surface area contributed by atoms with E-state index in [2.05, 4.69) is 29.2 Å². The van der Waals surface area contributed by atoms with Crippen molar-refractivity contribution in [3.63, 3.8) is 0 Å². The van der Waals surface area contributed by atoms with Gasteiger partial charge in [-0.05, 0) is 50.5 Å². The van der Waals surface area contributed by atoms with Crippen LogP contribution in [0, 0.1) is 11.4 Å². The van der Waals surface area contributed by atoms with E-state index in [4.69, 9.17) is 0 Å². The number of hydrogen-bond donors (Lipinski definition) is 1. The fourth-order valence-corrected chi connectivity index (χ4v) is 2.25. The number of hydrogen-bond acceptors (Lipinski definition) is 3. The van der Waals surface area contributed by atoms with Gasteiger partial charge in [-0.15, -0.1) is 0 Å². The summed E-state index contributed by atoms with van der Waals surface area (Å²) >= 11 is 0. The molecular weight excluding hydrogens is 245 g/mol. The summed E-state index contributed by atoms with van der Waals surface area (Å²) in [4.78, 5) is 17.8. The Hall–Kier alpha value is -1.49. The van der Waals surface area contributed by atoms with Crippen molar-refractivity contribution in [3.05, 3.63) is 29.8 Å². The van der Waals surface area contributed by atoms with Gasteiger partial charge in [0, 0.05) is 6.54 Å². The SMILES string of the molecule is CN1CCC(C)(CNC(=O)c2cccc(F)n2)CC1. The molecule has 1 aromatic heterocycles. The van der Waals surface area contributed by atoms with Crippen LogP contribution in [-0.4, -0.2) is 42.5 Å². The number of likely N-dealkylation sites (tertiary alicyclic amines) is 1. The quantitative estimate of drug-likeness (QED) is 0.846. The van der Waals surface area contributed by atoms with Crippen LogP contribution < -0.4 is 5.32 Å². The Morgan fingerprint density at radius 3 is 2.79 bits per heavy atom. The molecule has 0 unspecified atom stereocenters. The maximum atomic E-state index is 12.9. The first-order chi connectivity index (χ1) is 8.98. The van der Waals surface area contributed by atoms with Gasteiger partial charge in [-0.25, -0.2) is 4.98 Å². The zero-order chi connectivity index (χ0) is 13.9. The predicted molar refractivity (Wildman–Crippen MR) is 71.4 cm³/mol. The van der Waals surface area contributed by atoms with E-state index in [1.165, 1.54) is 18.2 Å². The first kappa shape index (κ1) is 13.9. The summed E-state index contributed by atoms with van der Waals surface area (Å²) in [5, 5.41) is 2.86. The summed E-state index contributed by atoms with van der Waals surface area (Å²) in [7, 11) is 2.11. The van der Waals surface area contributed by atoms with Crippen LogP contribution in [0.15, 0.2) is 18.2 Å². The van der Waals surface area contributed by atoms with Gasteiger partial charge in [0.15, 0.2) is 0 Å². The zero-order valence-electron chi connectivity index (χ0n) is 11.4. The standard InChI is InChI=1S/C14H20FN3O/c1-14(6-8-18(2)9-7-14)10-16-13(19)11-4-3-5-12(15)17-11/h3-5H,6-10H2,1-2H3,(H,16,19). The molecule has 2 heterocycles. The second-order valence-corrected chi connectivity index (χ2v) is 5.64. The molecule has 0 bridgehead atoms. The summed E-state index contributed by atoms with van der Waals surface area (Å²) in [5.74, 6) is -0.933. The van der Waals surface area contributed by atoms with Crippen molar-refractivity contribution in [1.29, 1.82) is 0 Å².